The Hall–Kier alpha value is -0.830. The number of anilines is 1. The summed E-state index contributed by atoms with van der Waals surface area (Å²) in [5.41, 5.74) is 2.37. The molecule has 3 nitrogen and oxygen atoms in total. The van der Waals surface area contributed by atoms with Gasteiger partial charge in [-0.25, -0.2) is 9.97 Å². The van der Waals surface area contributed by atoms with E-state index in [0.29, 0.717) is 5.15 Å². The Balaban J connectivity index is 1.89. The minimum Gasteiger partial charge on any atom is -0.341 e. The second kappa shape index (κ2) is 4.81. The van der Waals surface area contributed by atoms with E-state index >= 15 is 0 Å². The number of aryl methyl sites for hydroxylation is 1. The molecule has 4 heteroatoms. The molecule has 2 aliphatic rings. The van der Waals surface area contributed by atoms with Gasteiger partial charge in [0.1, 0.15) is 5.15 Å². The zero-order valence-corrected chi connectivity index (χ0v) is 10.8. The molecule has 1 aliphatic carbocycles. The molecule has 17 heavy (non-hydrogen) atoms. The van der Waals surface area contributed by atoms with E-state index in [1.807, 2.05) is 0 Å². The van der Waals surface area contributed by atoms with E-state index in [2.05, 4.69) is 9.88 Å². The van der Waals surface area contributed by atoms with Crippen LogP contribution in [0, 0.1) is 0 Å². The molecule has 0 amide bonds. The SMILES string of the molecule is Clc1nc(N2CCCCCC2)nc2c1CCC2. The Morgan fingerprint density at radius 1 is 0.882 bits per heavy atom. The van der Waals surface area contributed by atoms with Crippen molar-refractivity contribution in [2.24, 2.45) is 0 Å². The van der Waals surface area contributed by atoms with Gasteiger partial charge < -0.3 is 4.90 Å². The van der Waals surface area contributed by atoms with E-state index in [0.717, 1.165) is 31.9 Å². The van der Waals surface area contributed by atoms with Crippen LogP contribution < -0.4 is 4.90 Å². The molecule has 1 aromatic heterocycles. The number of hydrogen-bond donors (Lipinski definition) is 0. The lowest BCUT2D eigenvalue weighted by atomic mass is 10.2. The van der Waals surface area contributed by atoms with Crippen molar-refractivity contribution in [3.63, 3.8) is 0 Å². The highest BCUT2D eigenvalue weighted by Crippen LogP contribution is 2.28. The van der Waals surface area contributed by atoms with Crippen LogP contribution in [0.2, 0.25) is 5.15 Å². The quantitative estimate of drug-likeness (QED) is 0.719. The molecule has 0 unspecified atom stereocenters. The molecule has 1 aromatic rings. The first kappa shape index (κ1) is 11.3. The Bertz CT molecular complexity index is 411. The zero-order valence-electron chi connectivity index (χ0n) is 10.1. The lowest BCUT2D eigenvalue weighted by Gasteiger charge is -2.21. The van der Waals surface area contributed by atoms with Crippen LogP contribution in [0.25, 0.3) is 0 Å². The second-order valence-corrected chi connectivity index (χ2v) is 5.35. The summed E-state index contributed by atoms with van der Waals surface area (Å²) in [6.45, 7) is 2.16. The van der Waals surface area contributed by atoms with Gasteiger partial charge in [0.2, 0.25) is 5.95 Å². The van der Waals surface area contributed by atoms with Crippen molar-refractivity contribution in [2.75, 3.05) is 18.0 Å². The van der Waals surface area contributed by atoms with Gasteiger partial charge in [-0.3, -0.25) is 0 Å². The smallest absolute Gasteiger partial charge is 0.227 e. The van der Waals surface area contributed by atoms with E-state index in [9.17, 15) is 0 Å². The van der Waals surface area contributed by atoms with E-state index in [1.165, 1.54) is 43.4 Å². The maximum absolute atomic E-state index is 6.26. The molecule has 0 radical (unpaired) electrons. The molecule has 0 aromatic carbocycles. The van der Waals surface area contributed by atoms with Crippen molar-refractivity contribution < 1.29 is 0 Å². The van der Waals surface area contributed by atoms with Gasteiger partial charge in [0.25, 0.3) is 0 Å². The van der Waals surface area contributed by atoms with E-state index in [1.54, 1.807) is 0 Å². The van der Waals surface area contributed by atoms with Crippen molar-refractivity contribution in [1.29, 1.82) is 0 Å². The molecule has 3 rings (SSSR count). The van der Waals surface area contributed by atoms with Crippen molar-refractivity contribution >= 4 is 17.5 Å². The first-order chi connectivity index (χ1) is 8.34. The molecule has 0 bridgehead atoms. The van der Waals surface area contributed by atoms with Crippen LogP contribution in [0.5, 0.6) is 0 Å². The normalized spacial score (nSPS) is 20.2. The summed E-state index contributed by atoms with van der Waals surface area (Å²) in [6.07, 6.45) is 8.44. The number of rotatable bonds is 1. The Morgan fingerprint density at radius 2 is 1.65 bits per heavy atom. The zero-order chi connectivity index (χ0) is 11.7. The minimum atomic E-state index is 0.687. The fourth-order valence-corrected chi connectivity index (χ4v) is 3.07. The summed E-state index contributed by atoms with van der Waals surface area (Å²) < 4.78 is 0. The molecule has 1 saturated heterocycles. The average molecular weight is 252 g/mol. The summed E-state index contributed by atoms with van der Waals surface area (Å²) in [6, 6.07) is 0. The average Bonchev–Trinajstić information content (AvgIpc) is 2.63. The lowest BCUT2D eigenvalue weighted by Crippen LogP contribution is -2.26. The predicted molar refractivity (Wildman–Crippen MR) is 69.7 cm³/mol. The molecule has 0 atom stereocenters. The van der Waals surface area contributed by atoms with Gasteiger partial charge in [-0.1, -0.05) is 24.4 Å². The molecule has 92 valence electrons. The van der Waals surface area contributed by atoms with Crippen LogP contribution in [0.1, 0.15) is 43.4 Å². The molecule has 0 N–H and O–H groups in total. The summed E-state index contributed by atoms with van der Waals surface area (Å²) in [5, 5.41) is 0.687. The Labute approximate surface area is 107 Å². The summed E-state index contributed by atoms with van der Waals surface area (Å²) in [7, 11) is 0. The minimum absolute atomic E-state index is 0.687. The third kappa shape index (κ3) is 2.25. The van der Waals surface area contributed by atoms with Gasteiger partial charge >= 0.3 is 0 Å². The van der Waals surface area contributed by atoms with Gasteiger partial charge in [0.15, 0.2) is 0 Å². The monoisotopic (exact) mass is 251 g/mol. The topological polar surface area (TPSA) is 29.0 Å². The largest absolute Gasteiger partial charge is 0.341 e. The third-order valence-electron chi connectivity index (χ3n) is 3.76. The molecular formula is C13H18ClN3. The van der Waals surface area contributed by atoms with E-state index in [4.69, 9.17) is 16.6 Å². The molecule has 0 saturated carbocycles. The summed E-state index contributed by atoms with van der Waals surface area (Å²) in [4.78, 5) is 11.5. The molecule has 0 spiro atoms. The van der Waals surface area contributed by atoms with Crippen LogP contribution in [0.3, 0.4) is 0 Å². The number of halogens is 1. The standard InChI is InChI=1S/C13H18ClN3/c14-12-10-6-5-7-11(10)15-13(16-12)17-8-3-1-2-4-9-17/h1-9H2. The highest BCUT2D eigenvalue weighted by molar-refractivity contribution is 6.30. The first-order valence-electron chi connectivity index (χ1n) is 6.65. The van der Waals surface area contributed by atoms with Gasteiger partial charge in [0, 0.05) is 18.7 Å². The van der Waals surface area contributed by atoms with E-state index < -0.39 is 0 Å². The number of nitrogens with zero attached hydrogens (tertiary/aromatic N) is 3. The fourth-order valence-electron chi connectivity index (χ4n) is 2.79. The molecule has 1 aliphatic heterocycles. The Kier molecular flexibility index (Phi) is 3.19. The van der Waals surface area contributed by atoms with Crippen LogP contribution in [0.15, 0.2) is 0 Å². The fraction of sp³-hybridized carbons (Fsp3) is 0.692. The highest BCUT2D eigenvalue weighted by Gasteiger charge is 2.21. The van der Waals surface area contributed by atoms with Gasteiger partial charge in [-0.15, -0.1) is 0 Å². The Morgan fingerprint density at radius 3 is 2.41 bits per heavy atom. The summed E-state index contributed by atoms with van der Waals surface area (Å²) in [5.74, 6) is 0.859. The van der Waals surface area contributed by atoms with Crippen LogP contribution in [-0.2, 0) is 12.8 Å². The predicted octanol–water partition coefficient (Wildman–Crippen LogP) is 3.00. The van der Waals surface area contributed by atoms with Crippen LogP contribution >= 0.6 is 11.6 Å². The van der Waals surface area contributed by atoms with Crippen molar-refractivity contribution in [2.45, 2.75) is 44.9 Å². The number of aromatic nitrogens is 2. The van der Waals surface area contributed by atoms with Crippen LogP contribution in [-0.4, -0.2) is 23.1 Å². The summed E-state index contributed by atoms with van der Waals surface area (Å²) >= 11 is 6.26. The van der Waals surface area contributed by atoms with Crippen molar-refractivity contribution in [3.05, 3.63) is 16.4 Å². The lowest BCUT2D eigenvalue weighted by molar-refractivity contribution is 0.726. The first-order valence-corrected chi connectivity index (χ1v) is 7.02. The maximum Gasteiger partial charge on any atom is 0.227 e. The molecule has 2 heterocycles. The molecule has 1 fully saturated rings. The molecular weight excluding hydrogens is 234 g/mol. The number of hydrogen-bond acceptors (Lipinski definition) is 3. The van der Waals surface area contributed by atoms with Crippen molar-refractivity contribution in [3.8, 4) is 0 Å². The van der Waals surface area contributed by atoms with Crippen molar-refractivity contribution in [1.82, 2.24) is 9.97 Å². The third-order valence-corrected chi connectivity index (χ3v) is 4.07. The number of fused-ring (bicyclic) bond motifs is 1. The maximum atomic E-state index is 6.26. The second-order valence-electron chi connectivity index (χ2n) is 4.99. The van der Waals surface area contributed by atoms with Gasteiger partial charge in [-0.2, -0.15) is 0 Å². The van der Waals surface area contributed by atoms with Crippen LogP contribution in [0.4, 0.5) is 5.95 Å². The van der Waals surface area contributed by atoms with E-state index in [-0.39, 0.29) is 0 Å². The highest BCUT2D eigenvalue weighted by atomic mass is 35.5. The van der Waals surface area contributed by atoms with Gasteiger partial charge in [-0.05, 0) is 32.1 Å². The van der Waals surface area contributed by atoms with Gasteiger partial charge in [0.05, 0.1) is 5.69 Å².